The Kier molecular flexibility index (Phi) is 3.39. The van der Waals surface area contributed by atoms with Crippen LogP contribution in [0.3, 0.4) is 0 Å². The molecule has 2 rings (SSSR count). The van der Waals surface area contributed by atoms with Crippen molar-refractivity contribution in [1.82, 2.24) is 10.3 Å². The second kappa shape index (κ2) is 4.78. The molecule has 1 unspecified atom stereocenters. The second-order valence-electron chi connectivity index (χ2n) is 3.61. The molecule has 1 atom stereocenters. The average Bonchev–Trinajstić information content (AvgIpc) is 2.29. The Morgan fingerprint density at radius 2 is 2.25 bits per heavy atom. The first-order chi connectivity index (χ1) is 7.74. The molecule has 0 radical (unpaired) electrons. The number of benzene rings is 1. The first-order valence-electron chi connectivity index (χ1n) is 5.10. The molecule has 2 aromatic rings. The number of likely N-dealkylation sites (N-methyl/N-ethyl adjacent to an activating group) is 1. The molecule has 4 heteroatoms. The summed E-state index contributed by atoms with van der Waals surface area (Å²) in [4.78, 5) is 4.27. The van der Waals surface area contributed by atoms with Gasteiger partial charge in [-0.2, -0.15) is 0 Å². The number of aromatic nitrogens is 1. The van der Waals surface area contributed by atoms with Gasteiger partial charge in [0.15, 0.2) is 0 Å². The van der Waals surface area contributed by atoms with E-state index in [4.69, 9.17) is 11.6 Å². The predicted molar refractivity (Wildman–Crippen MR) is 65.6 cm³/mol. The highest BCUT2D eigenvalue weighted by atomic mass is 35.5. The van der Waals surface area contributed by atoms with Crippen LogP contribution in [0.25, 0.3) is 10.9 Å². The number of halogens is 1. The Labute approximate surface area is 99.1 Å². The Morgan fingerprint density at radius 1 is 1.44 bits per heavy atom. The van der Waals surface area contributed by atoms with Crippen LogP contribution in [0.15, 0.2) is 30.5 Å². The van der Waals surface area contributed by atoms with E-state index in [9.17, 15) is 5.11 Å². The van der Waals surface area contributed by atoms with Crippen molar-refractivity contribution in [2.75, 3.05) is 13.6 Å². The summed E-state index contributed by atoms with van der Waals surface area (Å²) in [6.07, 6.45) is 1.06. The lowest BCUT2D eigenvalue weighted by Gasteiger charge is -2.14. The standard InChI is InChI=1S/C12H13ClN2O/c1-14-7-10(16)11-9(13)5-4-8-3-2-6-15-12(8)11/h2-6,10,14,16H,7H2,1H3. The van der Waals surface area contributed by atoms with Crippen LogP contribution < -0.4 is 5.32 Å². The number of nitrogens with zero attached hydrogens (tertiary/aromatic N) is 1. The van der Waals surface area contributed by atoms with Gasteiger partial charge in [-0.15, -0.1) is 0 Å². The Hall–Kier alpha value is -1.16. The van der Waals surface area contributed by atoms with E-state index in [2.05, 4.69) is 10.3 Å². The van der Waals surface area contributed by atoms with Crippen LogP contribution in [0.5, 0.6) is 0 Å². The SMILES string of the molecule is CNCC(O)c1c(Cl)ccc2cccnc12. The molecule has 16 heavy (non-hydrogen) atoms. The fourth-order valence-electron chi connectivity index (χ4n) is 1.76. The minimum atomic E-state index is -0.643. The molecule has 0 spiro atoms. The first-order valence-corrected chi connectivity index (χ1v) is 5.47. The van der Waals surface area contributed by atoms with E-state index in [-0.39, 0.29) is 0 Å². The molecule has 0 fully saturated rings. The van der Waals surface area contributed by atoms with Crippen molar-refractivity contribution < 1.29 is 5.11 Å². The van der Waals surface area contributed by atoms with Crippen molar-refractivity contribution in [2.24, 2.45) is 0 Å². The molecule has 0 amide bonds. The van der Waals surface area contributed by atoms with E-state index < -0.39 is 6.10 Å². The highest BCUT2D eigenvalue weighted by Gasteiger charge is 2.15. The van der Waals surface area contributed by atoms with E-state index in [1.54, 1.807) is 19.3 Å². The van der Waals surface area contributed by atoms with Gasteiger partial charge in [0, 0.05) is 28.7 Å². The number of rotatable bonds is 3. The van der Waals surface area contributed by atoms with Crippen molar-refractivity contribution in [2.45, 2.75) is 6.10 Å². The van der Waals surface area contributed by atoms with Crippen LogP contribution >= 0.6 is 11.6 Å². The fraction of sp³-hybridized carbons (Fsp3) is 0.250. The highest BCUT2D eigenvalue weighted by Crippen LogP contribution is 2.29. The largest absolute Gasteiger partial charge is 0.387 e. The van der Waals surface area contributed by atoms with Gasteiger partial charge in [0.25, 0.3) is 0 Å². The lowest BCUT2D eigenvalue weighted by atomic mass is 10.0. The van der Waals surface area contributed by atoms with Gasteiger partial charge in [-0.3, -0.25) is 4.98 Å². The zero-order valence-electron chi connectivity index (χ0n) is 8.94. The molecule has 0 aliphatic rings. The summed E-state index contributed by atoms with van der Waals surface area (Å²) in [5.41, 5.74) is 1.45. The van der Waals surface area contributed by atoms with Gasteiger partial charge in [0.05, 0.1) is 11.6 Å². The maximum Gasteiger partial charge on any atom is 0.0949 e. The fourth-order valence-corrected chi connectivity index (χ4v) is 2.03. The monoisotopic (exact) mass is 236 g/mol. The number of aliphatic hydroxyl groups excluding tert-OH is 1. The smallest absolute Gasteiger partial charge is 0.0949 e. The molecule has 0 aliphatic heterocycles. The summed E-state index contributed by atoms with van der Waals surface area (Å²) in [5.74, 6) is 0. The van der Waals surface area contributed by atoms with Gasteiger partial charge in [0.1, 0.15) is 0 Å². The lowest BCUT2D eigenvalue weighted by molar-refractivity contribution is 0.179. The van der Waals surface area contributed by atoms with Crippen molar-refractivity contribution in [1.29, 1.82) is 0 Å². The van der Waals surface area contributed by atoms with Crippen molar-refractivity contribution in [3.05, 3.63) is 41.0 Å². The summed E-state index contributed by atoms with van der Waals surface area (Å²) in [5, 5.41) is 14.5. The summed E-state index contributed by atoms with van der Waals surface area (Å²) in [7, 11) is 1.79. The molecule has 0 saturated heterocycles. The number of hydrogen-bond acceptors (Lipinski definition) is 3. The molecular weight excluding hydrogens is 224 g/mol. The number of fused-ring (bicyclic) bond motifs is 1. The van der Waals surface area contributed by atoms with Crippen LogP contribution in [0, 0.1) is 0 Å². The quantitative estimate of drug-likeness (QED) is 0.858. The minimum absolute atomic E-state index is 0.454. The van der Waals surface area contributed by atoms with Gasteiger partial charge in [-0.1, -0.05) is 23.7 Å². The van der Waals surface area contributed by atoms with Gasteiger partial charge in [-0.05, 0) is 19.2 Å². The molecule has 2 N–H and O–H groups in total. The summed E-state index contributed by atoms with van der Waals surface area (Å²) in [6.45, 7) is 0.454. The minimum Gasteiger partial charge on any atom is -0.387 e. The Morgan fingerprint density at radius 3 is 3.00 bits per heavy atom. The van der Waals surface area contributed by atoms with Crippen molar-refractivity contribution in [3.63, 3.8) is 0 Å². The van der Waals surface area contributed by atoms with Crippen molar-refractivity contribution >= 4 is 22.5 Å². The predicted octanol–water partition coefficient (Wildman–Crippen LogP) is 2.14. The van der Waals surface area contributed by atoms with Gasteiger partial charge >= 0.3 is 0 Å². The van der Waals surface area contributed by atoms with Crippen molar-refractivity contribution in [3.8, 4) is 0 Å². The molecule has 1 heterocycles. The van der Waals surface area contributed by atoms with Gasteiger partial charge < -0.3 is 10.4 Å². The molecular formula is C12H13ClN2O. The highest BCUT2D eigenvalue weighted by molar-refractivity contribution is 6.32. The number of nitrogens with one attached hydrogen (secondary N) is 1. The van der Waals surface area contributed by atoms with E-state index in [1.807, 2.05) is 18.2 Å². The molecule has 0 aliphatic carbocycles. The second-order valence-corrected chi connectivity index (χ2v) is 4.02. The van der Waals surface area contributed by atoms with Crippen LogP contribution in [-0.2, 0) is 0 Å². The average molecular weight is 237 g/mol. The third-order valence-corrected chi connectivity index (χ3v) is 2.82. The zero-order valence-corrected chi connectivity index (χ0v) is 9.70. The molecule has 84 valence electrons. The summed E-state index contributed by atoms with van der Waals surface area (Å²) < 4.78 is 0. The molecule has 1 aromatic carbocycles. The van der Waals surface area contributed by atoms with E-state index in [0.29, 0.717) is 17.1 Å². The topological polar surface area (TPSA) is 45.1 Å². The number of hydrogen-bond donors (Lipinski definition) is 2. The Bertz CT molecular complexity index is 501. The van der Waals surface area contributed by atoms with Crippen LogP contribution in [0.1, 0.15) is 11.7 Å². The lowest BCUT2D eigenvalue weighted by Crippen LogP contribution is -2.17. The van der Waals surface area contributed by atoms with Crippen LogP contribution in [0.4, 0.5) is 0 Å². The first kappa shape index (κ1) is 11.3. The number of aliphatic hydroxyl groups is 1. The van der Waals surface area contributed by atoms with Gasteiger partial charge in [-0.25, -0.2) is 0 Å². The van der Waals surface area contributed by atoms with E-state index in [1.165, 1.54) is 0 Å². The molecule has 0 saturated carbocycles. The van der Waals surface area contributed by atoms with E-state index in [0.717, 1.165) is 10.9 Å². The molecule has 3 nitrogen and oxygen atoms in total. The zero-order chi connectivity index (χ0) is 11.5. The maximum atomic E-state index is 10.0. The molecule has 0 bridgehead atoms. The van der Waals surface area contributed by atoms with Crippen LogP contribution in [0.2, 0.25) is 5.02 Å². The molecule has 1 aromatic heterocycles. The number of pyridine rings is 1. The Balaban J connectivity index is 2.61. The third kappa shape index (κ3) is 2.02. The summed E-state index contributed by atoms with van der Waals surface area (Å²) in [6, 6.07) is 7.51. The maximum absolute atomic E-state index is 10.0. The third-order valence-electron chi connectivity index (χ3n) is 2.49. The van der Waals surface area contributed by atoms with E-state index >= 15 is 0 Å². The normalized spacial score (nSPS) is 12.9. The summed E-state index contributed by atoms with van der Waals surface area (Å²) >= 11 is 6.11. The van der Waals surface area contributed by atoms with Crippen LogP contribution in [-0.4, -0.2) is 23.7 Å². The van der Waals surface area contributed by atoms with Gasteiger partial charge in [0.2, 0.25) is 0 Å².